The highest BCUT2D eigenvalue weighted by Gasteiger charge is 2.18. The van der Waals surface area contributed by atoms with Crippen LogP contribution in [0.5, 0.6) is 0 Å². The average molecular weight is 481 g/mol. The van der Waals surface area contributed by atoms with E-state index in [4.69, 9.17) is 11.6 Å². The van der Waals surface area contributed by atoms with Crippen LogP contribution >= 0.6 is 22.9 Å². The van der Waals surface area contributed by atoms with Crippen molar-refractivity contribution in [1.29, 1.82) is 0 Å². The molecule has 1 N–H and O–H groups in total. The molecule has 8 heteroatoms. The lowest BCUT2D eigenvalue weighted by Gasteiger charge is -2.11. The van der Waals surface area contributed by atoms with Crippen molar-refractivity contribution in [3.8, 4) is 0 Å². The zero-order valence-electron chi connectivity index (χ0n) is 16.7. The summed E-state index contributed by atoms with van der Waals surface area (Å²) < 4.78 is 31.1. The molecule has 0 aliphatic heterocycles. The van der Waals surface area contributed by atoms with Crippen molar-refractivity contribution in [2.45, 2.75) is 11.4 Å². The fraction of sp³-hybridized carbons (Fsp3) is 0.0417. The van der Waals surface area contributed by atoms with E-state index in [1.807, 2.05) is 48.5 Å². The van der Waals surface area contributed by atoms with E-state index in [2.05, 4.69) is 4.72 Å². The number of rotatable bonds is 5. The van der Waals surface area contributed by atoms with Gasteiger partial charge in [-0.15, -0.1) is 0 Å². The summed E-state index contributed by atoms with van der Waals surface area (Å²) in [5.74, 6) is 0. The van der Waals surface area contributed by atoms with Crippen LogP contribution in [-0.4, -0.2) is 13.0 Å². The van der Waals surface area contributed by atoms with Gasteiger partial charge in [-0.3, -0.25) is 14.1 Å². The fourth-order valence-electron chi connectivity index (χ4n) is 3.65. The number of nitrogens with zero attached hydrogens (tertiary/aromatic N) is 1. The maximum absolute atomic E-state index is 13.1. The van der Waals surface area contributed by atoms with Crippen molar-refractivity contribution in [2.75, 3.05) is 4.72 Å². The quantitative estimate of drug-likeness (QED) is 0.350. The van der Waals surface area contributed by atoms with E-state index in [0.717, 1.165) is 27.7 Å². The molecule has 5 rings (SSSR count). The first-order valence-corrected chi connectivity index (χ1v) is 12.5. The van der Waals surface area contributed by atoms with Crippen LogP contribution in [-0.2, 0) is 16.6 Å². The molecular formula is C24H17ClN2O3S2. The van der Waals surface area contributed by atoms with Gasteiger partial charge in [0.25, 0.3) is 10.0 Å². The van der Waals surface area contributed by atoms with E-state index >= 15 is 0 Å². The van der Waals surface area contributed by atoms with Crippen molar-refractivity contribution in [3.05, 3.63) is 105 Å². The molecule has 0 saturated carbocycles. The van der Waals surface area contributed by atoms with Crippen molar-refractivity contribution >= 4 is 59.6 Å². The van der Waals surface area contributed by atoms with Crippen molar-refractivity contribution in [1.82, 2.24) is 4.57 Å². The number of aromatic nitrogens is 1. The second-order valence-electron chi connectivity index (χ2n) is 7.34. The molecule has 0 aliphatic rings. The average Bonchev–Trinajstić information content (AvgIpc) is 3.09. The van der Waals surface area contributed by atoms with E-state index in [1.165, 1.54) is 6.07 Å². The topological polar surface area (TPSA) is 68.2 Å². The predicted molar refractivity (Wildman–Crippen MR) is 131 cm³/mol. The fourth-order valence-corrected chi connectivity index (χ4v) is 5.89. The minimum Gasteiger partial charge on any atom is -0.294 e. The van der Waals surface area contributed by atoms with Crippen LogP contribution < -0.4 is 9.60 Å². The molecule has 0 radical (unpaired) electrons. The lowest BCUT2D eigenvalue weighted by molar-refractivity contribution is 0.601. The maximum atomic E-state index is 13.1. The van der Waals surface area contributed by atoms with Crippen molar-refractivity contribution < 1.29 is 8.42 Å². The van der Waals surface area contributed by atoms with Gasteiger partial charge >= 0.3 is 4.87 Å². The van der Waals surface area contributed by atoms with Crippen molar-refractivity contribution in [2.24, 2.45) is 0 Å². The summed E-state index contributed by atoms with van der Waals surface area (Å²) >= 11 is 6.97. The summed E-state index contributed by atoms with van der Waals surface area (Å²) in [7, 11) is -3.83. The second-order valence-corrected chi connectivity index (χ2v) is 10.5. The highest BCUT2D eigenvalue weighted by molar-refractivity contribution is 7.92. The van der Waals surface area contributed by atoms with Gasteiger partial charge in [-0.1, -0.05) is 71.5 Å². The predicted octanol–water partition coefficient (Wildman–Crippen LogP) is 5.72. The molecule has 1 heterocycles. The van der Waals surface area contributed by atoms with E-state index < -0.39 is 10.0 Å². The Hall–Kier alpha value is -3.13. The number of sulfonamides is 1. The van der Waals surface area contributed by atoms with Crippen LogP contribution in [0.1, 0.15) is 5.56 Å². The van der Waals surface area contributed by atoms with Gasteiger partial charge in [-0.2, -0.15) is 0 Å². The Morgan fingerprint density at radius 3 is 2.47 bits per heavy atom. The van der Waals surface area contributed by atoms with Gasteiger partial charge in [0.05, 0.1) is 27.3 Å². The standard InChI is InChI=1S/C24H17ClN2O3S2/c25-18-10-8-16(9-11-18)15-27-22-13-12-19(14-23(22)31-24(27)28)32(29,30)26-21-7-3-5-17-4-1-2-6-20(17)21/h1-14,26H,15H2. The molecular weight excluding hydrogens is 464 g/mol. The molecule has 0 saturated heterocycles. The van der Waals surface area contributed by atoms with Crippen LogP contribution in [0.25, 0.3) is 21.0 Å². The number of anilines is 1. The Labute approximate surface area is 193 Å². The van der Waals surface area contributed by atoms with Gasteiger partial charge in [-0.05, 0) is 47.3 Å². The zero-order chi connectivity index (χ0) is 22.3. The van der Waals surface area contributed by atoms with E-state index in [0.29, 0.717) is 27.5 Å². The normalized spacial score (nSPS) is 11.8. The molecule has 5 nitrogen and oxygen atoms in total. The molecule has 0 bridgehead atoms. The minimum absolute atomic E-state index is 0.109. The third kappa shape index (κ3) is 3.90. The Bertz CT molecular complexity index is 1620. The first-order chi connectivity index (χ1) is 15.4. The first kappa shape index (κ1) is 20.8. The number of fused-ring (bicyclic) bond motifs is 2. The van der Waals surface area contributed by atoms with Crippen LogP contribution in [0, 0.1) is 0 Å². The monoisotopic (exact) mass is 480 g/mol. The minimum atomic E-state index is -3.83. The van der Waals surface area contributed by atoms with Crippen LogP contribution in [0.4, 0.5) is 5.69 Å². The van der Waals surface area contributed by atoms with E-state index in [-0.39, 0.29) is 9.77 Å². The lowest BCUT2D eigenvalue weighted by Crippen LogP contribution is -2.14. The molecule has 0 atom stereocenters. The molecule has 5 aromatic rings. The summed E-state index contributed by atoms with van der Waals surface area (Å²) in [5, 5.41) is 2.39. The Balaban J connectivity index is 1.50. The van der Waals surface area contributed by atoms with Crippen LogP contribution in [0.15, 0.2) is 94.6 Å². The molecule has 0 spiro atoms. The maximum Gasteiger partial charge on any atom is 0.308 e. The molecule has 4 aromatic carbocycles. The van der Waals surface area contributed by atoms with Gasteiger partial charge in [0, 0.05) is 10.4 Å². The number of halogens is 1. The molecule has 0 unspecified atom stereocenters. The van der Waals surface area contributed by atoms with Crippen LogP contribution in [0.2, 0.25) is 5.02 Å². The summed E-state index contributed by atoms with van der Waals surface area (Å²) in [6, 6.07) is 25.1. The van der Waals surface area contributed by atoms with Gasteiger partial charge in [-0.25, -0.2) is 8.42 Å². The van der Waals surface area contributed by atoms with Gasteiger partial charge < -0.3 is 0 Å². The Morgan fingerprint density at radius 1 is 0.906 bits per heavy atom. The highest BCUT2D eigenvalue weighted by Crippen LogP contribution is 2.28. The molecule has 0 fully saturated rings. The summed E-state index contributed by atoms with van der Waals surface area (Å²) in [4.78, 5) is 12.6. The second kappa shape index (κ2) is 8.09. The summed E-state index contributed by atoms with van der Waals surface area (Å²) in [5.41, 5.74) is 2.14. The summed E-state index contributed by atoms with van der Waals surface area (Å²) in [6.45, 7) is 0.385. The number of nitrogens with one attached hydrogen (secondary N) is 1. The third-order valence-electron chi connectivity index (χ3n) is 5.24. The largest absolute Gasteiger partial charge is 0.308 e. The molecule has 0 aliphatic carbocycles. The van der Waals surface area contributed by atoms with E-state index in [1.54, 1.807) is 34.9 Å². The summed E-state index contributed by atoms with van der Waals surface area (Å²) in [6.07, 6.45) is 0. The SMILES string of the molecule is O=c1sc2cc(S(=O)(=O)Nc3cccc4ccccc34)ccc2n1Cc1ccc(Cl)cc1. The Kier molecular flexibility index (Phi) is 5.25. The molecule has 0 amide bonds. The lowest BCUT2D eigenvalue weighted by atomic mass is 10.1. The Morgan fingerprint density at radius 2 is 1.66 bits per heavy atom. The zero-order valence-corrected chi connectivity index (χ0v) is 19.0. The van der Waals surface area contributed by atoms with Gasteiger partial charge in [0.2, 0.25) is 0 Å². The van der Waals surface area contributed by atoms with Crippen molar-refractivity contribution in [3.63, 3.8) is 0 Å². The van der Waals surface area contributed by atoms with Crippen LogP contribution in [0.3, 0.4) is 0 Å². The molecule has 160 valence electrons. The number of hydrogen-bond donors (Lipinski definition) is 1. The van der Waals surface area contributed by atoms with Gasteiger partial charge in [0.15, 0.2) is 0 Å². The molecule has 1 aromatic heterocycles. The van der Waals surface area contributed by atoms with Gasteiger partial charge in [0.1, 0.15) is 0 Å². The van der Waals surface area contributed by atoms with E-state index in [9.17, 15) is 13.2 Å². The highest BCUT2D eigenvalue weighted by atomic mass is 35.5. The smallest absolute Gasteiger partial charge is 0.294 e. The third-order valence-corrected chi connectivity index (χ3v) is 7.79. The number of benzene rings is 4. The first-order valence-electron chi connectivity index (χ1n) is 9.79. The number of hydrogen-bond acceptors (Lipinski definition) is 4. The molecule has 32 heavy (non-hydrogen) atoms. The number of thiazole rings is 1.